The van der Waals surface area contributed by atoms with E-state index in [4.69, 9.17) is 26.3 Å². The molecule has 1 aromatic carbocycles. The highest BCUT2D eigenvalue weighted by Crippen LogP contribution is 2.36. The van der Waals surface area contributed by atoms with Crippen LogP contribution >= 0.6 is 0 Å². The lowest BCUT2D eigenvalue weighted by molar-refractivity contribution is -0.128. The number of carbonyl (C=O) groups excluding carboxylic acids is 1. The molecule has 9 nitrogen and oxygen atoms in total. The van der Waals surface area contributed by atoms with E-state index in [0.717, 1.165) is 43.3 Å². The monoisotopic (exact) mass is 551 g/mol. The van der Waals surface area contributed by atoms with E-state index in [1.807, 2.05) is 6.20 Å². The van der Waals surface area contributed by atoms with Gasteiger partial charge in [-0.1, -0.05) is 31.7 Å². The van der Waals surface area contributed by atoms with Crippen molar-refractivity contribution in [1.82, 2.24) is 24.8 Å². The minimum absolute atomic E-state index is 0.150. The first kappa shape index (κ1) is 27.2. The van der Waals surface area contributed by atoms with Gasteiger partial charge in [-0.25, -0.2) is 6.57 Å². The van der Waals surface area contributed by atoms with E-state index in [-0.39, 0.29) is 18.5 Å². The number of pyridine rings is 1. The maximum Gasteiger partial charge on any atom is 0.319 e. The van der Waals surface area contributed by atoms with Gasteiger partial charge >= 0.3 is 6.01 Å². The van der Waals surface area contributed by atoms with Crippen LogP contribution in [-0.2, 0) is 17.6 Å². The van der Waals surface area contributed by atoms with Crippen molar-refractivity contribution in [3.05, 3.63) is 65.7 Å². The second kappa shape index (κ2) is 11.5. The Labute approximate surface area is 241 Å². The van der Waals surface area contributed by atoms with E-state index in [0.29, 0.717) is 55.5 Å². The third-order valence-electron chi connectivity index (χ3n) is 8.82. The Morgan fingerprint density at radius 3 is 2.88 bits per heavy atom. The third-order valence-corrected chi connectivity index (χ3v) is 8.82. The Bertz CT molecular complexity index is 1520. The van der Waals surface area contributed by atoms with E-state index >= 15 is 0 Å². The van der Waals surface area contributed by atoms with E-state index < -0.39 is 0 Å². The molecule has 6 rings (SSSR count). The van der Waals surface area contributed by atoms with Crippen LogP contribution < -0.4 is 9.64 Å². The van der Waals surface area contributed by atoms with Crippen LogP contribution in [-0.4, -0.2) is 89.1 Å². The van der Waals surface area contributed by atoms with Crippen molar-refractivity contribution in [3.63, 3.8) is 0 Å². The maximum absolute atomic E-state index is 12.5. The number of nitrogens with zero attached hydrogens (tertiary/aromatic N) is 7. The first-order chi connectivity index (χ1) is 19.9. The average Bonchev–Trinajstić information content (AvgIpc) is 3.58. The molecule has 3 aromatic rings. The van der Waals surface area contributed by atoms with Crippen molar-refractivity contribution in [2.75, 3.05) is 51.3 Å². The molecular weight excluding hydrogens is 514 g/mol. The van der Waals surface area contributed by atoms with E-state index in [1.165, 1.54) is 22.8 Å². The fourth-order valence-corrected chi connectivity index (χ4v) is 6.63. The smallest absolute Gasteiger partial charge is 0.319 e. The molecule has 0 N–H and O–H groups in total. The summed E-state index contributed by atoms with van der Waals surface area (Å²) in [5, 5.41) is 0. The summed E-state index contributed by atoms with van der Waals surface area (Å²) in [7, 11) is 2.13. The van der Waals surface area contributed by atoms with Gasteiger partial charge in [0.15, 0.2) is 5.82 Å². The van der Waals surface area contributed by atoms with Gasteiger partial charge in [-0.05, 0) is 74.0 Å². The maximum atomic E-state index is 12.5. The highest BCUT2D eigenvalue weighted by atomic mass is 16.5. The molecule has 9 heteroatoms. The summed E-state index contributed by atoms with van der Waals surface area (Å²) in [4.78, 5) is 36.9. The van der Waals surface area contributed by atoms with E-state index in [9.17, 15) is 4.79 Å². The molecule has 212 valence electrons. The summed E-state index contributed by atoms with van der Waals surface area (Å²) in [6.07, 6.45) is 7.68. The highest BCUT2D eigenvalue weighted by Gasteiger charge is 2.33. The number of carbonyl (C=O) groups is 1. The molecule has 2 aliphatic heterocycles. The summed E-state index contributed by atoms with van der Waals surface area (Å²) in [5.41, 5.74) is 6.51. The molecule has 1 aliphatic carbocycles. The van der Waals surface area contributed by atoms with Crippen LogP contribution in [0.3, 0.4) is 0 Å². The van der Waals surface area contributed by atoms with Gasteiger partial charge in [0, 0.05) is 37.4 Å². The minimum Gasteiger partial charge on any atom is -0.462 e. The summed E-state index contributed by atoms with van der Waals surface area (Å²) in [5.74, 6) is 1.17. The number of piperazine rings is 1. The Hall–Kier alpha value is -4.03. The SMILES string of the molecule is [C-]#[N+]C[C@H]1CN(c2nc(OC[C@@H]3CCCN3C)nc3cc(-c4cccc5c4CC(C)C5)cnc23)CCN1C(=O)C=C. The van der Waals surface area contributed by atoms with Crippen LogP contribution in [0.5, 0.6) is 6.01 Å². The zero-order chi connectivity index (χ0) is 28.5. The summed E-state index contributed by atoms with van der Waals surface area (Å²) >= 11 is 0. The zero-order valence-electron chi connectivity index (χ0n) is 23.9. The number of fused-ring (bicyclic) bond motifs is 2. The van der Waals surface area contributed by atoms with Crippen molar-refractivity contribution in [2.45, 2.75) is 44.7 Å². The van der Waals surface area contributed by atoms with Crippen LogP contribution in [0.2, 0.25) is 0 Å². The Morgan fingerprint density at radius 1 is 1.22 bits per heavy atom. The Morgan fingerprint density at radius 2 is 2.10 bits per heavy atom. The number of aromatic nitrogens is 3. The number of hydrogen-bond acceptors (Lipinski definition) is 7. The molecule has 41 heavy (non-hydrogen) atoms. The lowest BCUT2D eigenvalue weighted by Crippen LogP contribution is -2.56. The number of likely N-dealkylation sites (tertiary alicyclic amines) is 1. The molecule has 2 aromatic heterocycles. The minimum atomic E-state index is -0.263. The second-order valence-electron chi connectivity index (χ2n) is 11.6. The first-order valence-corrected chi connectivity index (χ1v) is 14.6. The molecule has 0 bridgehead atoms. The average molecular weight is 552 g/mol. The molecule has 3 aliphatic rings. The van der Waals surface area contributed by atoms with Gasteiger partial charge < -0.3 is 24.3 Å². The molecule has 1 amide bonds. The summed E-state index contributed by atoms with van der Waals surface area (Å²) < 4.78 is 6.24. The third kappa shape index (κ3) is 5.36. The zero-order valence-corrected chi connectivity index (χ0v) is 23.9. The molecule has 3 atom stereocenters. The van der Waals surface area contributed by atoms with Crippen LogP contribution in [0.15, 0.2) is 43.1 Å². The standard InChI is InChI=1S/C32H37N7O2/c1-5-29(40)39-13-12-38(19-25(39)18-33-3)31-30-28(35-32(36-31)41-20-24-9-7-11-37(24)4)16-23(17-34-30)26-10-6-8-22-14-21(2)15-27(22)26/h5-6,8,10,16-17,21,24-25H,1,7,9,11-15,18-20H2,2,4H3/t21?,24-,25-/m0/s1. The molecule has 2 fully saturated rings. The molecule has 4 heterocycles. The molecule has 2 saturated heterocycles. The first-order valence-electron chi connectivity index (χ1n) is 14.6. The summed E-state index contributed by atoms with van der Waals surface area (Å²) in [6, 6.07) is 9.07. The number of ether oxygens (including phenoxy) is 1. The molecule has 0 saturated carbocycles. The fourth-order valence-electron chi connectivity index (χ4n) is 6.63. The van der Waals surface area contributed by atoms with Gasteiger partial charge in [0.1, 0.15) is 18.2 Å². The van der Waals surface area contributed by atoms with Gasteiger partial charge in [0.25, 0.3) is 0 Å². The van der Waals surface area contributed by atoms with Crippen molar-refractivity contribution < 1.29 is 9.53 Å². The van der Waals surface area contributed by atoms with Crippen LogP contribution in [0.4, 0.5) is 5.82 Å². The van der Waals surface area contributed by atoms with Crippen LogP contribution in [0.25, 0.3) is 27.0 Å². The number of rotatable bonds is 7. The predicted molar refractivity (Wildman–Crippen MR) is 160 cm³/mol. The second-order valence-corrected chi connectivity index (χ2v) is 11.6. The van der Waals surface area contributed by atoms with Crippen molar-refractivity contribution >= 4 is 22.8 Å². The van der Waals surface area contributed by atoms with E-state index in [1.54, 1.807) is 4.90 Å². The molecule has 0 radical (unpaired) electrons. The number of anilines is 1. The van der Waals surface area contributed by atoms with Gasteiger partial charge in [-0.3, -0.25) is 9.78 Å². The lowest BCUT2D eigenvalue weighted by atomic mass is 9.97. The van der Waals surface area contributed by atoms with Gasteiger partial charge in [0.05, 0.1) is 5.52 Å². The van der Waals surface area contributed by atoms with Gasteiger partial charge in [-0.15, -0.1) is 0 Å². The number of amides is 1. The highest BCUT2D eigenvalue weighted by molar-refractivity contribution is 5.90. The van der Waals surface area contributed by atoms with Crippen LogP contribution in [0, 0.1) is 12.5 Å². The molecular formula is C32H37N7O2. The normalized spacial score (nSPS) is 22.5. The van der Waals surface area contributed by atoms with Crippen LogP contribution in [0.1, 0.15) is 30.9 Å². The molecule has 0 spiro atoms. The van der Waals surface area contributed by atoms with E-state index in [2.05, 4.69) is 59.5 Å². The molecule has 1 unspecified atom stereocenters. The number of likely N-dealkylation sites (N-methyl/N-ethyl adjacent to an activating group) is 1. The Kier molecular flexibility index (Phi) is 7.59. The van der Waals surface area contributed by atoms with Gasteiger partial charge in [0.2, 0.25) is 12.5 Å². The largest absolute Gasteiger partial charge is 0.462 e. The lowest BCUT2D eigenvalue weighted by Gasteiger charge is -2.39. The number of hydrogen-bond donors (Lipinski definition) is 0. The van der Waals surface area contributed by atoms with Crippen molar-refractivity contribution in [3.8, 4) is 17.1 Å². The quantitative estimate of drug-likeness (QED) is 0.324. The topological polar surface area (TPSA) is 79.1 Å². The van der Waals surface area contributed by atoms with Crippen molar-refractivity contribution in [2.24, 2.45) is 5.92 Å². The summed E-state index contributed by atoms with van der Waals surface area (Å²) in [6.45, 7) is 16.8. The number of benzene rings is 1. The van der Waals surface area contributed by atoms with Crippen molar-refractivity contribution in [1.29, 1.82) is 0 Å². The fraction of sp³-hybridized carbons (Fsp3) is 0.469. The van der Waals surface area contributed by atoms with Gasteiger partial charge in [-0.2, -0.15) is 9.97 Å². The predicted octanol–water partition coefficient (Wildman–Crippen LogP) is 4.02. The Balaban J connectivity index is 1.38.